The zero-order chi connectivity index (χ0) is 25.6. The molecular formula is C26H29F3N4O2S. The van der Waals surface area contributed by atoms with Gasteiger partial charge in [0, 0.05) is 50.7 Å². The number of nitrogens with one attached hydrogen (secondary N) is 1. The maximum Gasteiger partial charge on any atom is 0.418 e. The van der Waals surface area contributed by atoms with E-state index in [9.17, 15) is 18.0 Å². The van der Waals surface area contributed by atoms with Gasteiger partial charge in [-0.3, -0.25) is 4.79 Å². The summed E-state index contributed by atoms with van der Waals surface area (Å²) in [7, 11) is 1.98. The molecule has 3 aromatic rings. The van der Waals surface area contributed by atoms with Crippen LogP contribution in [0.2, 0.25) is 0 Å². The van der Waals surface area contributed by atoms with Crippen LogP contribution in [-0.4, -0.2) is 61.7 Å². The molecule has 0 aliphatic carbocycles. The lowest BCUT2D eigenvalue weighted by molar-refractivity contribution is -0.137. The first-order valence-electron chi connectivity index (χ1n) is 12.1. The molecule has 2 saturated heterocycles. The van der Waals surface area contributed by atoms with Crippen molar-refractivity contribution in [3.63, 3.8) is 0 Å². The van der Waals surface area contributed by atoms with Crippen molar-refractivity contribution in [2.24, 2.45) is 5.92 Å². The van der Waals surface area contributed by atoms with E-state index in [1.54, 1.807) is 18.2 Å². The summed E-state index contributed by atoms with van der Waals surface area (Å²) in [6.07, 6.45) is -4.32. The number of aromatic nitrogens is 1. The monoisotopic (exact) mass is 518 g/mol. The number of amides is 1. The third-order valence-electron chi connectivity index (χ3n) is 7.03. The van der Waals surface area contributed by atoms with Gasteiger partial charge < -0.3 is 19.9 Å². The Morgan fingerprint density at radius 1 is 1.14 bits per heavy atom. The summed E-state index contributed by atoms with van der Waals surface area (Å²) in [6.45, 7) is 6.91. The third-order valence-corrected chi connectivity index (χ3v) is 8.03. The number of halogens is 3. The number of nitrogens with zero attached hydrogens (tertiary/aromatic N) is 3. The van der Waals surface area contributed by atoms with Crippen LogP contribution in [0.1, 0.15) is 23.9 Å². The number of hydrogen-bond acceptors (Lipinski definition) is 6. The van der Waals surface area contributed by atoms with Crippen molar-refractivity contribution >= 4 is 33.1 Å². The van der Waals surface area contributed by atoms with E-state index in [4.69, 9.17) is 4.74 Å². The SMILES string of the molecule is Cc1nc2cc(-c3ccc(N4CCN(C)CC4)c(C(F)(F)F)c3)cc(O[C@H](C)[C@H]3CNC(=O)C3)c2s1. The van der Waals surface area contributed by atoms with Crippen LogP contribution in [0.3, 0.4) is 0 Å². The first-order valence-corrected chi connectivity index (χ1v) is 12.9. The minimum absolute atomic E-state index is 0.00287. The van der Waals surface area contributed by atoms with Gasteiger partial charge in [-0.1, -0.05) is 6.07 Å². The van der Waals surface area contributed by atoms with Gasteiger partial charge in [-0.15, -0.1) is 11.3 Å². The Balaban J connectivity index is 1.53. The van der Waals surface area contributed by atoms with Crippen LogP contribution in [0.4, 0.5) is 18.9 Å². The number of fused-ring (bicyclic) bond motifs is 1. The highest BCUT2D eigenvalue weighted by atomic mass is 32.1. The van der Waals surface area contributed by atoms with Gasteiger partial charge in [0.1, 0.15) is 11.9 Å². The van der Waals surface area contributed by atoms with Crippen molar-refractivity contribution in [2.45, 2.75) is 32.5 Å². The lowest BCUT2D eigenvalue weighted by Gasteiger charge is -2.35. The highest BCUT2D eigenvalue weighted by molar-refractivity contribution is 7.18. The summed E-state index contributed by atoms with van der Waals surface area (Å²) in [4.78, 5) is 20.2. The number of anilines is 1. The van der Waals surface area contributed by atoms with Gasteiger partial charge in [0.05, 0.1) is 20.8 Å². The lowest BCUT2D eigenvalue weighted by atomic mass is 9.99. The molecule has 0 spiro atoms. The van der Waals surface area contributed by atoms with Gasteiger partial charge in [-0.25, -0.2) is 4.98 Å². The zero-order valence-electron chi connectivity index (χ0n) is 20.5. The maximum absolute atomic E-state index is 14.2. The molecule has 1 aromatic heterocycles. The fourth-order valence-corrected chi connectivity index (χ4v) is 5.75. The fourth-order valence-electron chi connectivity index (χ4n) is 4.89. The number of thiazole rings is 1. The molecule has 0 unspecified atom stereocenters. The van der Waals surface area contributed by atoms with E-state index in [1.165, 1.54) is 17.4 Å². The Hall–Kier alpha value is -2.85. The largest absolute Gasteiger partial charge is 0.489 e. The first-order chi connectivity index (χ1) is 17.1. The standard InChI is InChI=1S/C26H29F3N4O2S/c1-15(19-13-24(34)30-14-19)35-23-12-18(11-21-25(23)36-16(2)31-21)17-4-5-22(20(10-17)26(27,28)29)33-8-6-32(3)7-9-33/h4-5,10-12,15,19H,6-9,13-14H2,1-3H3,(H,30,34)/t15-,19-/m1/s1. The second kappa shape index (κ2) is 9.55. The van der Waals surface area contributed by atoms with Crippen LogP contribution in [0.15, 0.2) is 30.3 Å². The predicted octanol–water partition coefficient (Wildman–Crippen LogP) is 4.95. The number of rotatable bonds is 5. The summed E-state index contributed by atoms with van der Waals surface area (Å²) in [5.74, 6) is 0.615. The van der Waals surface area contributed by atoms with Gasteiger partial charge in [0.2, 0.25) is 5.91 Å². The van der Waals surface area contributed by atoms with Crippen LogP contribution in [0.5, 0.6) is 5.75 Å². The number of aryl methyl sites for hydroxylation is 1. The van der Waals surface area contributed by atoms with Gasteiger partial charge in [-0.2, -0.15) is 13.2 Å². The Kier molecular flexibility index (Phi) is 6.59. The minimum Gasteiger partial charge on any atom is -0.489 e. The number of ether oxygens (including phenoxy) is 1. The zero-order valence-corrected chi connectivity index (χ0v) is 21.3. The summed E-state index contributed by atoms with van der Waals surface area (Å²) >= 11 is 1.49. The van der Waals surface area contributed by atoms with E-state index in [2.05, 4.69) is 15.2 Å². The van der Waals surface area contributed by atoms with Crippen molar-refractivity contribution in [3.05, 3.63) is 40.9 Å². The van der Waals surface area contributed by atoms with E-state index in [0.29, 0.717) is 48.4 Å². The number of alkyl halides is 3. The topological polar surface area (TPSA) is 57.7 Å². The molecule has 1 amide bonds. The molecule has 5 rings (SSSR count). The van der Waals surface area contributed by atoms with E-state index in [0.717, 1.165) is 22.8 Å². The van der Waals surface area contributed by atoms with Crippen molar-refractivity contribution in [1.29, 1.82) is 0 Å². The highest BCUT2D eigenvalue weighted by Gasteiger charge is 2.36. The number of likely N-dealkylation sites (N-methyl/N-ethyl adjacent to an activating group) is 1. The fraction of sp³-hybridized carbons (Fsp3) is 0.462. The highest BCUT2D eigenvalue weighted by Crippen LogP contribution is 2.42. The number of benzene rings is 2. The quantitative estimate of drug-likeness (QED) is 0.518. The lowest BCUT2D eigenvalue weighted by Crippen LogP contribution is -2.45. The maximum atomic E-state index is 14.2. The number of hydrogen-bond donors (Lipinski definition) is 1. The number of carbonyl (C=O) groups is 1. The van der Waals surface area contributed by atoms with Crippen molar-refractivity contribution < 1.29 is 22.7 Å². The molecule has 6 nitrogen and oxygen atoms in total. The Bertz CT molecular complexity index is 1280. The normalized spacial score (nSPS) is 20.1. The van der Waals surface area contributed by atoms with Crippen LogP contribution < -0.4 is 15.0 Å². The van der Waals surface area contributed by atoms with Crippen LogP contribution >= 0.6 is 11.3 Å². The predicted molar refractivity (Wildman–Crippen MR) is 136 cm³/mol. The Morgan fingerprint density at radius 3 is 2.56 bits per heavy atom. The van der Waals surface area contributed by atoms with E-state index in [1.807, 2.05) is 31.9 Å². The third kappa shape index (κ3) is 5.01. The molecule has 0 bridgehead atoms. The van der Waals surface area contributed by atoms with Crippen molar-refractivity contribution in [2.75, 3.05) is 44.7 Å². The van der Waals surface area contributed by atoms with Gasteiger partial charge in [-0.05, 0) is 56.3 Å². The molecular weight excluding hydrogens is 489 g/mol. The van der Waals surface area contributed by atoms with Crippen LogP contribution in [0, 0.1) is 12.8 Å². The molecule has 3 heterocycles. The summed E-state index contributed by atoms with van der Waals surface area (Å²) < 4.78 is 49.7. The van der Waals surface area contributed by atoms with Crippen LogP contribution in [-0.2, 0) is 11.0 Å². The second-order valence-corrected chi connectivity index (χ2v) is 10.9. The van der Waals surface area contributed by atoms with E-state index in [-0.39, 0.29) is 23.6 Å². The summed E-state index contributed by atoms with van der Waals surface area (Å²) in [6, 6.07) is 8.18. The molecule has 1 N–H and O–H groups in total. The molecule has 0 saturated carbocycles. The molecule has 2 fully saturated rings. The number of carbonyl (C=O) groups excluding carboxylic acids is 1. The van der Waals surface area contributed by atoms with Gasteiger partial charge in [0.25, 0.3) is 0 Å². The molecule has 0 radical (unpaired) electrons. The van der Waals surface area contributed by atoms with Crippen molar-refractivity contribution in [1.82, 2.24) is 15.2 Å². The summed E-state index contributed by atoms with van der Waals surface area (Å²) in [5.41, 5.74) is 1.35. The number of piperazine rings is 1. The van der Waals surface area contributed by atoms with Gasteiger partial charge in [0.15, 0.2) is 0 Å². The Labute approximate surface area is 212 Å². The van der Waals surface area contributed by atoms with E-state index >= 15 is 0 Å². The van der Waals surface area contributed by atoms with Crippen LogP contribution in [0.25, 0.3) is 21.3 Å². The minimum atomic E-state index is -4.48. The van der Waals surface area contributed by atoms with Gasteiger partial charge >= 0.3 is 6.18 Å². The summed E-state index contributed by atoms with van der Waals surface area (Å²) in [5, 5.41) is 3.67. The average molecular weight is 519 g/mol. The average Bonchev–Trinajstić information content (AvgIpc) is 3.43. The van der Waals surface area contributed by atoms with E-state index < -0.39 is 11.7 Å². The van der Waals surface area contributed by atoms with Crippen molar-refractivity contribution in [3.8, 4) is 16.9 Å². The molecule has 36 heavy (non-hydrogen) atoms. The smallest absolute Gasteiger partial charge is 0.418 e. The Morgan fingerprint density at radius 2 is 1.89 bits per heavy atom. The first kappa shape index (κ1) is 24.8. The molecule has 2 aliphatic rings. The molecule has 10 heteroatoms. The second-order valence-electron chi connectivity index (χ2n) is 9.67. The molecule has 2 aliphatic heterocycles. The molecule has 2 atom stereocenters. The molecule has 192 valence electrons. The molecule has 2 aromatic carbocycles.